The molecular formula is C23H28FN7O4. The van der Waals surface area contributed by atoms with Crippen molar-refractivity contribution in [2.45, 2.75) is 18.9 Å². The summed E-state index contributed by atoms with van der Waals surface area (Å²) in [5.41, 5.74) is 6.05. The molecule has 35 heavy (non-hydrogen) atoms. The number of hydrogen-bond acceptors (Lipinski definition) is 5. The van der Waals surface area contributed by atoms with Crippen LogP contribution in [0.2, 0.25) is 0 Å². The van der Waals surface area contributed by atoms with Crippen LogP contribution in [0.3, 0.4) is 0 Å². The smallest absolute Gasteiger partial charge is 0.341 e. The van der Waals surface area contributed by atoms with E-state index in [1.54, 1.807) is 10.6 Å². The molecule has 0 spiro atoms. The van der Waals surface area contributed by atoms with Crippen molar-refractivity contribution in [2.24, 2.45) is 10.7 Å². The summed E-state index contributed by atoms with van der Waals surface area (Å²) in [4.78, 5) is 34.0. The molecular weight excluding hydrogens is 457 g/mol. The Labute approximate surface area is 200 Å². The number of rotatable bonds is 3. The number of nitrogens with one attached hydrogen (secondary N) is 1. The van der Waals surface area contributed by atoms with Gasteiger partial charge in [0, 0.05) is 56.9 Å². The number of carbonyl (C=O) groups is 1. The van der Waals surface area contributed by atoms with Gasteiger partial charge in [-0.15, -0.1) is 0 Å². The van der Waals surface area contributed by atoms with Crippen molar-refractivity contribution in [3.8, 4) is 0 Å². The van der Waals surface area contributed by atoms with Gasteiger partial charge in [-0.2, -0.15) is 4.99 Å². The highest BCUT2D eigenvalue weighted by Gasteiger charge is 2.29. The molecule has 1 aromatic heterocycles. The van der Waals surface area contributed by atoms with Gasteiger partial charge in [0.1, 0.15) is 11.4 Å². The molecule has 0 radical (unpaired) electrons. The number of aromatic carboxylic acids is 1. The fourth-order valence-electron chi connectivity index (χ4n) is 4.61. The van der Waals surface area contributed by atoms with Crippen molar-refractivity contribution in [1.29, 1.82) is 5.41 Å². The Kier molecular flexibility index (Phi) is 6.05. The third kappa shape index (κ3) is 4.53. The van der Waals surface area contributed by atoms with Crippen molar-refractivity contribution < 1.29 is 19.0 Å². The number of benzene rings is 1. The van der Waals surface area contributed by atoms with Gasteiger partial charge < -0.3 is 34.8 Å². The van der Waals surface area contributed by atoms with Gasteiger partial charge in [0.2, 0.25) is 11.4 Å². The van der Waals surface area contributed by atoms with Gasteiger partial charge >= 0.3 is 5.97 Å². The van der Waals surface area contributed by atoms with Crippen molar-refractivity contribution in [3.63, 3.8) is 0 Å². The lowest BCUT2D eigenvalue weighted by Crippen LogP contribution is -2.52. The van der Waals surface area contributed by atoms with Gasteiger partial charge in [-0.05, 0) is 25.0 Å². The van der Waals surface area contributed by atoms with Gasteiger partial charge in [-0.25, -0.2) is 9.18 Å². The number of morpholine rings is 1. The Morgan fingerprint density at radius 2 is 1.80 bits per heavy atom. The van der Waals surface area contributed by atoms with Crippen LogP contribution in [0.4, 0.5) is 10.1 Å². The summed E-state index contributed by atoms with van der Waals surface area (Å²) >= 11 is 0. The second-order valence-corrected chi connectivity index (χ2v) is 9.00. The Balaban J connectivity index is 1.36. The lowest BCUT2D eigenvalue weighted by molar-refractivity contribution is 0.0672. The maximum absolute atomic E-state index is 15.2. The number of hydrogen-bond donors (Lipinski definition) is 3. The number of nitrogens with zero attached hydrogens (tertiary/aromatic N) is 5. The molecule has 12 heteroatoms. The summed E-state index contributed by atoms with van der Waals surface area (Å²) in [6.07, 6.45) is 3.16. The summed E-state index contributed by atoms with van der Waals surface area (Å²) in [6.45, 7) is 4.26. The Bertz CT molecular complexity index is 1260. The average molecular weight is 486 g/mol. The van der Waals surface area contributed by atoms with E-state index >= 15 is 4.39 Å². The lowest BCUT2D eigenvalue weighted by Gasteiger charge is -2.37. The third-order valence-corrected chi connectivity index (χ3v) is 6.75. The molecule has 0 unspecified atom stereocenters. The Morgan fingerprint density at radius 1 is 1.11 bits per heavy atom. The number of aliphatic imine (C=N–C) groups is 1. The Hall–Kier alpha value is -3.67. The molecule has 1 aliphatic carbocycles. The first-order valence-electron chi connectivity index (χ1n) is 11.7. The van der Waals surface area contributed by atoms with Crippen molar-refractivity contribution in [1.82, 2.24) is 14.4 Å². The van der Waals surface area contributed by atoms with E-state index in [-0.39, 0.29) is 28.9 Å². The summed E-state index contributed by atoms with van der Waals surface area (Å²) in [6, 6.07) is 2.92. The topological polar surface area (TPSA) is 140 Å². The first kappa shape index (κ1) is 23.1. The van der Waals surface area contributed by atoms with Gasteiger partial charge in [0.05, 0.1) is 24.4 Å². The van der Waals surface area contributed by atoms with Crippen LogP contribution >= 0.6 is 0 Å². The molecule has 3 fully saturated rings. The SMILES string of the molecule is N=C(N=C(N)N1CCN(c2cc3c(cc2F)c(=O)c(C(=O)O)cn3C2CC2)CC1)N1CCOCC1. The van der Waals surface area contributed by atoms with E-state index in [4.69, 9.17) is 15.9 Å². The highest BCUT2D eigenvalue weighted by molar-refractivity contribution is 5.94. The van der Waals surface area contributed by atoms with Crippen LogP contribution in [0.15, 0.2) is 28.1 Å². The zero-order valence-corrected chi connectivity index (χ0v) is 19.2. The quantitative estimate of drug-likeness (QED) is 0.430. The summed E-state index contributed by atoms with van der Waals surface area (Å²) in [5.74, 6) is -1.52. The Morgan fingerprint density at radius 3 is 2.43 bits per heavy atom. The zero-order chi connectivity index (χ0) is 24.7. The third-order valence-electron chi connectivity index (χ3n) is 6.75. The molecule has 3 heterocycles. The average Bonchev–Trinajstić information content (AvgIpc) is 3.70. The first-order valence-corrected chi connectivity index (χ1v) is 11.7. The predicted molar refractivity (Wildman–Crippen MR) is 129 cm³/mol. The molecule has 2 saturated heterocycles. The molecule has 3 aliphatic rings. The van der Waals surface area contributed by atoms with Crippen molar-refractivity contribution in [2.75, 3.05) is 57.4 Å². The normalized spacial score (nSPS) is 19.3. The van der Waals surface area contributed by atoms with Crippen molar-refractivity contribution in [3.05, 3.63) is 39.9 Å². The molecule has 186 valence electrons. The van der Waals surface area contributed by atoms with Gasteiger partial charge in [-0.3, -0.25) is 10.2 Å². The van der Waals surface area contributed by atoms with Crippen LogP contribution in [-0.2, 0) is 4.74 Å². The van der Waals surface area contributed by atoms with Crippen LogP contribution in [0.5, 0.6) is 0 Å². The molecule has 0 bridgehead atoms. The summed E-state index contributed by atoms with van der Waals surface area (Å²) < 4.78 is 22.2. The van der Waals surface area contributed by atoms with E-state index in [9.17, 15) is 14.7 Å². The number of halogens is 1. The number of aromatic nitrogens is 1. The van der Waals surface area contributed by atoms with Crippen LogP contribution in [0.1, 0.15) is 29.2 Å². The van der Waals surface area contributed by atoms with Gasteiger partial charge in [0.25, 0.3) is 0 Å². The molecule has 1 saturated carbocycles. The second-order valence-electron chi connectivity index (χ2n) is 9.00. The van der Waals surface area contributed by atoms with Crippen LogP contribution in [0, 0.1) is 11.2 Å². The number of guanidine groups is 2. The van der Waals surface area contributed by atoms with E-state index in [2.05, 4.69) is 4.99 Å². The molecule has 2 aromatic rings. The number of anilines is 1. The zero-order valence-electron chi connectivity index (χ0n) is 19.2. The fourth-order valence-corrected chi connectivity index (χ4v) is 4.61. The molecule has 4 N–H and O–H groups in total. The van der Waals surface area contributed by atoms with Crippen molar-refractivity contribution >= 4 is 34.5 Å². The minimum atomic E-state index is -1.31. The fraction of sp³-hybridized carbons (Fsp3) is 0.478. The number of pyridine rings is 1. The molecule has 0 atom stereocenters. The van der Waals surface area contributed by atoms with Gasteiger partial charge in [-0.1, -0.05) is 0 Å². The minimum Gasteiger partial charge on any atom is -0.477 e. The van der Waals surface area contributed by atoms with Crippen LogP contribution in [0.25, 0.3) is 10.9 Å². The maximum Gasteiger partial charge on any atom is 0.341 e. The lowest BCUT2D eigenvalue weighted by atomic mass is 10.1. The predicted octanol–water partition coefficient (Wildman–Crippen LogP) is 0.877. The monoisotopic (exact) mass is 485 g/mol. The number of piperazine rings is 1. The van der Waals surface area contributed by atoms with E-state index < -0.39 is 17.2 Å². The second kappa shape index (κ2) is 9.17. The van der Waals surface area contributed by atoms with E-state index in [1.165, 1.54) is 6.20 Å². The summed E-state index contributed by atoms with van der Waals surface area (Å²) in [5, 5.41) is 17.7. The minimum absolute atomic E-state index is 0.0784. The standard InChI is InChI=1S/C23H28FN7O4/c24-17-11-15-18(31(14-1-2-14)13-16(20(15)32)21(33)34)12-19(17)28-3-5-29(6-4-28)22(25)27-23(26)30-7-9-35-10-8-30/h11-14H,1-10H2,(H,33,34)(H3,25,26,27). The highest BCUT2D eigenvalue weighted by atomic mass is 19.1. The number of carboxylic acid groups (broad SMARTS) is 1. The molecule has 5 rings (SSSR count). The largest absolute Gasteiger partial charge is 0.477 e. The molecule has 2 aliphatic heterocycles. The molecule has 0 amide bonds. The van der Waals surface area contributed by atoms with E-state index in [0.29, 0.717) is 63.7 Å². The highest BCUT2D eigenvalue weighted by Crippen LogP contribution is 2.38. The molecule has 1 aromatic carbocycles. The van der Waals surface area contributed by atoms with E-state index in [1.807, 2.05) is 14.7 Å². The first-order chi connectivity index (χ1) is 16.8. The van der Waals surface area contributed by atoms with Crippen LogP contribution in [-0.4, -0.2) is 89.8 Å². The van der Waals surface area contributed by atoms with E-state index in [0.717, 1.165) is 18.9 Å². The number of carboxylic acids is 1. The number of ether oxygens (including phenoxy) is 1. The van der Waals surface area contributed by atoms with Gasteiger partial charge in [0.15, 0.2) is 5.96 Å². The van der Waals surface area contributed by atoms with Crippen LogP contribution < -0.4 is 16.1 Å². The molecule has 11 nitrogen and oxygen atoms in total. The maximum atomic E-state index is 15.2. The number of nitrogens with two attached hydrogens (primary N) is 1. The number of fused-ring (bicyclic) bond motifs is 1. The summed E-state index contributed by atoms with van der Waals surface area (Å²) in [7, 11) is 0.